The number of pyridine rings is 1. The number of halogens is 2. The molecule has 3 aromatic rings. The SMILES string of the molecule is COc1ccnc(C(=O)N[C@@H](C)C(=O)O[C@@H](C)[C@H](c2ccc(F)cc2)c2ccc(F)cc2C)c1OC(C)=O. The lowest BCUT2D eigenvalue weighted by Gasteiger charge is -2.27. The van der Waals surface area contributed by atoms with Gasteiger partial charge in [0.05, 0.1) is 7.11 Å². The maximum absolute atomic E-state index is 13.8. The molecule has 0 aliphatic rings. The number of aryl methyl sites for hydroxylation is 1. The van der Waals surface area contributed by atoms with E-state index in [0.717, 1.165) is 6.92 Å². The van der Waals surface area contributed by atoms with Crippen LogP contribution in [0.5, 0.6) is 11.5 Å². The first-order valence-corrected chi connectivity index (χ1v) is 11.8. The summed E-state index contributed by atoms with van der Waals surface area (Å²) in [5.74, 6) is -3.68. The quantitative estimate of drug-likeness (QED) is 0.410. The number of esters is 2. The van der Waals surface area contributed by atoms with Crippen LogP contribution in [0.15, 0.2) is 54.7 Å². The number of methoxy groups -OCH3 is 1. The molecular formula is C28H28F2N2O6. The first-order chi connectivity index (χ1) is 18.0. The predicted octanol–water partition coefficient (Wildman–Crippen LogP) is 4.48. The molecule has 0 radical (unpaired) electrons. The van der Waals surface area contributed by atoms with Crippen LogP contribution in [0.2, 0.25) is 0 Å². The Balaban J connectivity index is 1.82. The van der Waals surface area contributed by atoms with Crippen molar-refractivity contribution in [3.05, 3.63) is 88.7 Å². The highest BCUT2D eigenvalue weighted by molar-refractivity contribution is 5.98. The second-order valence-corrected chi connectivity index (χ2v) is 8.65. The smallest absolute Gasteiger partial charge is 0.328 e. The number of nitrogens with zero attached hydrogens (tertiary/aromatic N) is 1. The van der Waals surface area contributed by atoms with E-state index in [0.29, 0.717) is 16.7 Å². The maximum atomic E-state index is 13.8. The lowest BCUT2D eigenvalue weighted by Crippen LogP contribution is -2.41. The molecule has 0 fully saturated rings. The molecule has 3 atom stereocenters. The van der Waals surface area contributed by atoms with E-state index in [1.165, 1.54) is 50.6 Å². The van der Waals surface area contributed by atoms with E-state index in [9.17, 15) is 23.2 Å². The molecule has 0 bridgehead atoms. The molecule has 3 rings (SSSR count). The van der Waals surface area contributed by atoms with E-state index in [4.69, 9.17) is 14.2 Å². The Labute approximate surface area is 218 Å². The Morgan fingerprint density at radius 1 is 0.974 bits per heavy atom. The molecule has 0 aliphatic heterocycles. The highest BCUT2D eigenvalue weighted by atomic mass is 19.1. The Hall–Kier alpha value is -4.34. The minimum atomic E-state index is -1.12. The van der Waals surface area contributed by atoms with Crippen molar-refractivity contribution >= 4 is 17.8 Å². The van der Waals surface area contributed by atoms with Gasteiger partial charge in [-0.25, -0.2) is 18.6 Å². The minimum absolute atomic E-state index is 0.112. The number of ether oxygens (including phenoxy) is 3. The van der Waals surface area contributed by atoms with Gasteiger partial charge in [0.2, 0.25) is 5.75 Å². The molecule has 1 heterocycles. The summed E-state index contributed by atoms with van der Waals surface area (Å²) in [7, 11) is 1.34. The van der Waals surface area contributed by atoms with Gasteiger partial charge in [-0.1, -0.05) is 18.2 Å². The summed E-state index contributed by atoms with van der Waals surface area (Å²) in [5.41, 5.74) is 1.73. The van der Waals surface area contributed by atoms with E-state index in [1.54, 1.807) is 32.0 Å². The summed E-state index contributed by atoms with van der Waals surface area (Å²) in [4.78, 5) is 41.4. The number of carbonyl (C=O) groups is 3. The lowest BCUT2D eigenvalue weighted by atomic mass is 9.84. The molecule has 0 saturated carbocycles. The molecule has 0 unspecified atom stereocenters. The van der Waals surface area contributed by atoms with E-state index in [1.807, 2.05) is 0 Å². The summed E-state index contributed by atoms with van der Waals surface area (Å²) in [6, 6.07) is 10.3. The van der Waals surface area contributed by atoms with Gasteiger partial charge in [-0.2, -0.15) is 0 Å². The average Bonchev–Trinajstić information content (AvgIpc) is 2.86. The minimum Gasteiger partial charge on any atom is -0.493 e. The van der Waals surface area contributed by atoms with Crippen LogP contribution < -0.4 is 14.8 Å². The highest BCUT2D eigenvalue weighted by Crippen LogP contribution is 2.33. The monoisotopic (exact) mass is 526 g/mol. The van der Waals surface area contributed by atoms with Crippen molar-refractivity contribution in [2.75, 3.05) is 7.11 Å². The Morgan fingerprint density at radius 2 is 1.63 bits per heavy atom. The van der Waals surface area contributed by atoms with Gasteiger partial charge in [0.15, 0.2) is 11.4 Å². The van der Waals surface area contributed by atoms with Gasteiger partial charge in [0.25, 0.3) is 5.91 Å². The number of nitrogens with one attached hydrogen (secondary N) is 1. The number of hydrogen-bond donors (Lipinski definition) is 1. The fourth-order valence-corrected chi connectivity index (χ4v) is 4.03. The number of hydrogen-bond acceptors (Lipinski definition) is 7. The predicted molar refractivity (Wildman–Crippen MR) is 134 cm³/mol. The molecule has 1 amide bonds. The lowest BCUT2D eigenvalue weighted by molar-refractivity contribution is -0.150. The van der Waals surface area contributed by atoms with Crippen molar-refractivity contribution in [3.8, 4) is 11.5 Å². The van der Waals surface area contributed by atoms with Crippen LogP contribution in [0.1, 0.15) is 53.9 Å². The van der Waals surface area contributed by atoms with Crippen LogP contribution in [0.4, 0.5) is 8.78 Å². The summed E-state index contributed by atoms with van der Waals surface area (Å²) < 4.78 is 43.3. The maximum Gasteiger partial charge on any atom is 0.328 e. The average molecular weight is 527 g/mol. The van der Waals surface area contributed by atoms with Crippen molar-refractivity contribution < 1.29 is 37.4 Å². The molecule has 1 aromatic heterocycles. The zero-order valence-corrected chi connectivity index (χ0v) is 21.6. The fraction of sp³-hybridized carbons (Fsp3) is 0.286. The molecule has 0 saturated heterocycles. The third-order valence-corrected chi connectivity index (χ3v) is 5.82. The first kappa shape index (κ1) is 28.2. The van der Waals surface area contributed by atoms with Gasteiger partial charge in [-0.15, -0.1) is 0 Å². The van der Waals surface area contributed by atoms with Crippen molar-refractivity contribution in [3.63, 3.8) is 0 Å². The van der Waals surface area contributed by atoms with E-state index < -0.39 is 47.5 Å². The van der Waals surface area contributed by atoms with Gasteiger partial charge in [-0.3, -0.25) is 9.59 Å². The fourth-order valence-electron chi connectivity index (χ4n) is 4.03. The second-order valence-electron chi connectivity index (χ2n) is 8.65. The van der Waals surface area contributed by atoms with Crippen LogP contribution in [0, 0.1) is 18.6 Å². The van der Waals surface area contributed by atoms with Crippen LogP contribution in [-0.2, 0) is 14.3 Å². The number of carbonyl (C=O) groups excluding carboxylic acids is 3. The van der Waals surface area contributed by atoms with E-state index in [2.05, 4.69) is 10.3 Å². The van der Waals surface area contributed by atoms with Crippen molar-refractivity contribution in [2.24, 2.45) is 0 Å². The Bertz CT molecular complexity index is 1330. The van der Waals surface area contributed by atoms with Gasteiger partial charge >= 0.3 is 11.9 Å². The molecule has 10 heteroatoms. The van der Waals surface area contributed by atoms with Crippen molar-refractivity contribution in [1.82, 2.24) is 10.3 Å². The van der Waals surface area contributed by atoms with Crippen molar-refractivity contribution in [1.29, 1.82) is 0 Å². The normalized spacial score (nSPS) is 13.1. The largest absolute Gasteiger partial charge is 0.493 e. The molecule has 8 nitrogen and oxygen atoms in total. The number of rotatable bonds is 9. The summed E-state index contributed by atoms with van der Waals surface area (Å²) in [6.45, 7) is 5.98. The second kappa shape index (κ2) is 12.3. The standard InChI is InChI=1S/C28H28F2N2O6/c1-15-14-21(30)10-11-22(15)24(19-6-8-20(29)9-7-19)17(3)37-28(35)16(2)32-27(34)25-26(38-18(4)33)23(36-5)12-13-31-25/h6-14,16-17,24H,1-5H3,(H,32,34)/t16-,17-,24+/m0/s1. The van der Waals surface area contributed by atoms with Crippen LogP contribution in [-0.4, -0.2) is 42.1 Å². The third-order valence-electron chi connectivity index (χ3n) is 5.82. The summed E-state index contributed by atoms with van der Waals surface area (Å²) >= 11 is 0. The zero-order valence-electron chi connectivity index (χ0n) is 21.6. The van der Waals surface area contributed by atoms with Crippen LogP contribution >= 0.6 is 0 Å². The number of benzene rings is 2. The highest BCUT2D eigenvalue weighted by Gasteiger charge is 2.30. The first-order valence-electron chi connectivity index (χ1n) is 11.8. The Morgan fingerprint density at radius 3 is 2.24 bits per heavy atom. The molecular weight excluding hydrogens is 498 g/mol. The van der Waals surface area contributed by atoms with E-state index >= 15 is 0 Å². The third kappa shape index (κ3) is 6.70. The Kier molecular flexibility index (Phi) is 9.11. The summed E-state index contributed by atoms with van der Waals surface area (Å²) in [6.07, 6.45) is 0.521. The summed E-state index contributed by atoms with van der Waals surface area (Å²) in [5, 5.41) is 2.49. The van der Waals surface area contributed by atoms with Crippen molar-refractivity contribution in [2.45, 2.75) is 45.8 Å². The van der Waals surface area contributed by atoms with Gasteiger partial charge in [0.1, 0.15) is 23.8 Å². The zero-order chi connectivity index (χ0) is 28.0. The number of aromatic nitrogens is 1. The number of amides is 1. The molecule has 1 N–H and O–H groups in total. The van der Waals surface area contributed by atoms with E-state index in [-0.39, 0.29) is 17.2 Å². The molecule has 0 spiro atoms. The molecule has 0 aliphatic carbocycles. The van der Waals surface area contributed by atoms with Crippen LogP contribution in [0.25, 0.3) is 0 Å². The molecule has 2 aromatic carbocycles. The van der Waals surface area contributed by atoms with Gasteiger partial charge in [0, 0.05) is 25.1 Å². The molecule has 200 valence electrons. The molecule has 38 heavy (non-hydrogen) atoms. The van der Waals surface area contributed by atoms with Gasteiger partial charge in [-0.05, 0) is 61.7 Å². The van der Waals surface area contributed by atoms with Crippen LogP contribution in [0.3, 0.4) is 0 Å². The topological polar surface area (TPSA) is 104 Å². The van der Waals surface area contributed by atoms with Gasteiger partial charge < -0.3 is 19.5 Å².